The zero-order chi connectivity index (χ0) is 14.1. The molecule has 2 heterocycles. The number of benzene rings is 1. The van der Waals surface area contributed by atoms with Crippen molar-refractivity contribution < 1.29 is 9.15 Å². The van der Waals surface area contributed by atoms with Crippen molar-refractivity contribution in [1.29, 1.82) is 0 Å². The highest BCUT2D eigenvalue weighted by Crippen LogP contribution is 2.25. The van der Waals surface area contributed by atoms with Gasteiger partial charge < -0.3 is 14.5 Å². The first kappa shape index (κ1) is 16.1. The van der Waals surface area contributed by atoms with E-state index < -0.39 is 0 Å². The van der Waals surface area contributed by atoms with E-state index in [0.717, 1.165) is 42.1 Å². The minimum absolute atomic E-state index is 0. The highest BCUT2D eigenvalue weighted by molar-refractivity contribution is 5.85. The van der Waals surface area contributed by atoms with Gasteiger partial charge in [0.25, 0.3) is 0 Å². The van der Waals surface area contributed by atoms with Crippen LogP contribution in [0.25, 0.3) is 11.0 Å². The van der Waals surface area contributed by atoms with Crippen LogP contribution < -0.4 is 10.1 Å². The van der Waals surface area contributed by atoms with Crippen molar-refractivity contribution in [2.75, 3.05) is 20.2 Å². The summed E-state index contributed by atoms with van der Waals surface area (Å²) in [5.74, 6) is 1.89. The molecule has 1 aromatic heterocycles. The van der Waals surface area contributed by atoms with Crippen LogP contribution >= 0.6 is 12.4 Å². The van der Waals surface area contributed by atoms with Gasteiger partial charge in [0.05, 0.1) is 13.7 Å². The maximum atomic E-state index is 5.94. The maximum Gasteiger partial charge on any atom is 0.134 e. The van der Waals surface area contributed by atoms with Gasteiger partial charge in [0.2, 0.25) is 0 Å². The van der Waals surface area contributed by atoms with Crippen LogP contribution in [0.1, 0.15) is 19.6 Å². The number of fused-ring (bicyclic) bond motifs is 1. The molecule has 2 unspecified atom stereocenters. The van der Waals surface area contributed by atoms with Crippen molar-refractivity contribution in [2.45, 2.75) is 32.5 Å². The second-order valence-corrected chi connectivity index (χ2v) is 5.70. The van der Waals surface area contributed by atoms with Crippen molar-refractivity contribution in [3.63, 3.8) is 0 Å². The van der Waals surface area contributed by atoms with Crippen molar-refractivity contribution in [1.82, 2.24) is 10.2 Å². The standard InChI is InChI=1S/C16H22N2O2.ClH/c1-11-9-18(12(2)8-17-11)10-15-7-13-6-14(19-3)4-5-16(13)20-15;/h4-7,11-12,17H,8-10H2,1-3H3;1H. The second-order valence-electron chi connectivity index (χ2n) is 5.70. The monoisotopic (exact) mass is 310 g/mol. The Bertz CT molecular complexity index is 599. The van der Waals surface area contributed by atoms with Crippen LogP contribution in [-0.2, 0) is 6.54 Å². The van der Waals surface area contributed by atoms with Gasteiger partial charge in [-0.25, -0.2) is 0 Å². The van der Waals surface area contributed by atoms with E-state index >= 15 is 0 Å². The van der Waals surface area contributed by atoms with E-state index in [-0.39, 0.29) is 12.4 Å². The molecule has 0 bridgehead atoms. The summed E-state index contributed by atoms with van der Waals surface area (Å²) < 4.78 is 11.2. The number of hydrogen-bond donors (Lipinski definition) is 1. The Morgan fingerprint density at radius 1 is 1.33 bits per heavy atom. The molecule has 1 fully saturated rings. The highest BCUT2D eigenvalue weighted by Gasteiger charge is 2.23. The SMILES string of the molecule is COc1ccc2oc(CN3CC(C)NCC3C)cc2c1.Cl. The third-order valence-corrected chi connectivity index (χ3v) is 4.03. The van der Waals surface area contributed by atoms with Gasteiger partial charge in [-0.2, -0.15) is 0 Å². The molecule has 2 atom stereocenters. The molecule has 0 spiro atoms. The van der Waals surface area contributed by atoms with E-state index in [2.05, 4.69) is 30.1 Å². The van der Waals surface area contributed by atoms with Gasteiger partial charge in [-0.1, -0.05) is 0 Å². The normalized spacial score (nSPS) is 23.0. The van der Waals surface area contributed by atoms with Gasteiger partial charge in [0.1, 0.15) is 17.1 Å². The van der Waals surface area contributed by atoms with Gasteiger partial charge in [0.15, 0.2) is 0 Å². The van der Waals surface area contributed by atoms with E-state index in [1.165, 1.54) is 0 Å². The molecular weight excluding hydrogens is 288 g/mol. The Balaban J connectivity index is 0.00000161. The molecule has 1 aliphatic rings. The van der Waals surface area contributed by atoms with E-state index in [4.69, 9.17) is 9.15 Å². The molecule has 4 nitrogen and oxygen atoms in total. The fraction of sp³-hybridized carbons (Fsp3) is 0.500. The zero-order valence-electron chi connectivity index (χ0n) is 12.8. The summed E-state index contributed by atoms with van der Waals surface area (Å²) in [4.78, 5) is 2.47. The lowest BCUT2D eigenvalue weighted by molar-refractivity contribution is 0.130. The molecular formula is C16H23ClN2O2. The molecule has 21 heavy (non-hydrogen) atoms. The lowest BCUT2D eigenvalue weighted by Gasteiger charge is -2.36. The van der Waals surface area contributed by atoms with Gasteiger partial charge in [0, 0.05) is 30.6 Å². The maximum absolute atomic E-state index is 5.94. The van der Waals surface area contributed by atoms with Crippen molar-refractivity contribution in [3.05, 3.63) is 30.0 Å². The average molecular weight is 311 g/mol. The van der Waals surface area contributed by atoms with E-state index in [1.54, 1.807) is 7.11 Å². The average Bonchev–Trinajstić information content (AvgIpc) is 2.84. The van der Waals surface area contributed by atoms with Gasteiger partial charge in [-0.15, -0.1) is 12.4 Å². The number of ether oxygens (including phenoxy) is 1. The van der Waals surface area contributed by atoms with E-state index in [1.807, 2.05) is 18.2 Å². The largest absolute Gasteiger partial charge is 0.497 e. The number of nitrogens with zero attached hydrogens (tertiary/aromatic N) is 1. The number of nitrogens with one attached hydrogen (secondary N) is 1. The summed E-state index contributed by atoms with van der Waals surface area (Å²) in [5, 5.41) is 4.61. The van der Waals surface area contributed by atoms with Gasteiger partial charge >= 0.3 is 0 Å². The van der Waals surface area contributed by atoms with Crippen molar-refractivity contribution >= 4 is 23.4 Å². The molecule has 0 aliphatic carbocycles. The van der Waals surface area contributed by atoms with Gasteiger partial charge in [-0.05, 0) is 38.1 Å². The summed E-state index contributed by atoms with van der Waals surface area (Å²) in [7, 11) is 1.69. The van der Waals surface area contributed by atoms with Crippen LogP contribution in [0.5, 0.6) is 5.75 Å². The number of halogens is 1. The highest BCUT2D eigenvalue weighted by atomic mass is 35.5. The van der Waals surface area contributed by atoms with Crippen LogP contribution in [0.15, 0.2) is 28.7 Å². The molecule has 0 amide bonds. The zero-order valence-corrected chi connectivity index (χ0v) is 13.6. The van der Waals surface area contributed by atoms with E-state index in [9.17, 15) is 0 Å². The summed E-state index contributed by atoms with van der Waals surface area (Å²) in [6.45, 7) is 7.44. The smallest absolute Gasteiger partial charge is 0.134 e. The minimum Gasteiger partial charge on any atom is -0.497 e. The Morgan fingerprint density at radius 2 is 2.14 bits per heavy atom. The Morgan fingerprint density at radius 3 is 2.90 bits per heavy atom. The Kier molecular flexibility index (Phi) is 5.14. The van der Waals surface area contributed by atoms with E-state index in [0.29, 0.717) is 12.1 Å². The van der Waals surface area contributed by atoms with Crippen LogP contribution in [0.4, 0.5) is 0 Å². The first-order valence-electron chi connectivity index (χ1n) is 7.19. The molecule has 5 heteroatoms. The molecule has 1 N–H and O–H groups in total. The first-order valence-corrected chi connectivity index (χ1v) is 7.19. The van der Waals surface area contributed by atoms with Crippen molar-refractivity contribution in [2.24, 2.45) is 0 Å². The number of rotatable bonds is 3. The third kappa shape index (κ3) is 3.51. The quantitative estimate of drug-likeness (QED) is 0.945. The predicted molar refractivity (Wildman–Crippen MR) is 87.4 cm³/mol. The third-order valence-electron chi connectivity index (χ3n) is 4.03. The van der Waals surface area contributed by atoms with Crippen molar-refractivity contribution in [3.8, 4) is 5.75 Å². The lowest BCUT2D eigenvalue weighted by Crippen LogP contribution is -2.53. The molecule has 0 radical (unpaired) electrons. The summed E-state index contributed by atoms with van der Waals surface area (Å²) >= 11 is 0. The fourth-order valence-electron chi connectivity index (χ4n) is 2.80. The summed E-state index contributed by atoms with van der Waals surface area (Å²) in [6.07, 6.45) is 0. The van der Waals surface area contributed by atoms with Crippen LogP contribution in [0.2, 0.25) is 0 Å². The molecule has 1 aromatic carbocycles. The fourth-order valence-corrected chi connectivity index (χ4v) is 2.80. The molecule has 3 rings (SSSR count). The molecule has 116 valence electrons. The Hall–Kier alpha value is -1.23. The first-order chi connectivity index (χ1) is 9.65. The summed E-state index contributed by atoms with van der Waals surface area (Å²) in [6, 6.07) is 9.13. The lowest BCUT2D eigenvalue weighted by atomic mass is 10.1. The van der Waals surface area contributed by atoms with Crippen LogP contribution in [-0.4, -0.2) is 37.2 Å². The molecule has 2 aromatic rings. The second kappa shape index (κ2) is 6.69. The number of methoxy groups -OCH3 is 1. The molecule has 0 saturated carbocycles. The number of furan rings is 1. The molecule has 1 saturated heterocycles. The topological polar surface area (TPSA) is 37.6 Å². The minimum atomic E-state index is 0. The number of piperazine rings is 1. The van der Waals surface area contributed by atoms with Gasteiger partial charge in [-0.3, -0.25) is 4.90 Å². The Labute approximate surface area is 131 Å². The van der Waals surface area contributed by atoms with Crippen LogP contribution in [0, 0.1) is 0 Å². The van der Waals surface area contributed by atoms with Crippen LogP contribution in [0.3, 0.4) is 0 Å². The molecule has 1 aliphatic heterocycles. The summed E-state index contributed by atoms with van der Waals surface area (Å²) in [5.41, 5.74) is 0.927. The number of hydrogen-bond acceptors (Lipinski definition) is 4. The predicted octanol–water partition coefficient (Wildman–Crippen LogP) is 3.05.